The van der Waals surface area contributed by atoms with Crippen molar-refractivity contribution in [2.24, 2.45) is 5.41 Å². The monoisotopic (exact) mass is 289 g/mol. The van der Waals surface area contributed by atoms with Crippen molar-refractivity contribution in [2.45, 2.75) is 27.2 Å². The predicted octanol–water partition coefficient (Wildman–Crippen LogP) is 4.40. The van der Waals surface area contributed by atoms with E-state index >= 15 is 0 Å². The minimum atomic E-state index is 0.369. The van der Waals surface area contributed by atoms with Crippen LogP contribution < -0.4 is 10.1 Å². The lowest BCUT2D eigenvalue weighted by atomic mass is 9.92. The van der Waals surface area contributed by atoms with Gasteiger partial charge in [0.15, 0.2) is 0 Å². The molecule has 18 heavy (non-hydrogen) atoms. The zero-order valence-corrected chi connectivity index (χ0v) is 12.7. The molecule has 102 valence electrons. The van der Waals surface area contributed by atoms with Crippen molar-refractivity contribution in [3.63, 3.8) is 0 Å². The average molecular weight is 290 g/mol. The zero-order valence-electron chi connectivity index (χ0n) is 11.2. The van der Waals surface area contributed by atoms with E-state index in [2.05, 4.69) is 26.1 Å². The van der Waals surface area contributed by atoms with Gasteiger partial charge in [0.25, 0.3) is 0 Å². The second-order valence-corrected chi connectivity index (χ2v) is 6.39. The molecule has 0 spiro atoms. The van der Waals surface area contributed by atoms with E-state index < -0.39 is 0 Å². The summed E-state index contributed by atoms with van der Waals surface area (Å²) in [5.41, 5.74) is 0.369. The molecule has 0 aliphatic carbocycles. The molecule has 0 heterocycles. The van der Waals surface area contributed by atoms with Crippen LogP contribution in [0, 0.1) is 5.41 Å². The van der Waals surface area contributed by atoms with Crippen molar-refractivity contribution in [2.75, 3.05) is 19.7 Å². The van der Waals surface area contributed by atoms with Crippen LogP contribution in [0.1, 0.15) is 27.2 Å². The van der Waals surface area contributed by atoms with E-state index in [1.807, 2.05) is 0 Å². The number of halogens is 2. The molecule has 0 radical (unpaired) electrons. The Labute approximate surface area is 120 Å². The van der Waals surface area contributed by atoms with E-state index in [4.69, 9.17) is 27.9 Å². The molecule has 0 aliphatic rings. The highest BCUT2D eigenvalue weighted by molar-refractivity contribution is 6.34. The Balaban J connectivity index is 2.18. The summed E-state index contributed by atoms with van der Waals surface area (Å²) in [6.07, 6.45) is 1.15. The van der Waals surface area contributed by atoms with Gasteiger partial charge in [-0.1, -0.05) is 44.0 Å². The molecule has 0 atom stereocenters. The van der Waals surface area contributed by atoms with Crippen LogP contribution in [0.5, 0.6) is 5.75 Å². The Kier molecular flexibility index (Phi) is 6.27. The molecule has 0 fully saturated rings. The second kappa shape index (κ2) is 7.22. The van der Waals surface area contributed by atoms with Gasteiger partial charge in [-0.2, -0.15) is 0 Å². The maximum atomic E-state index is 5.88. The van der Waals surface area contributed by atoms with Crippen molar-refractivity contribution in [3.8, 4) is 5.75 Å². The molecule has 1 aromatic rings. The molecule has 2 nitrogen and oxygen atoms in total. The topological polar surface area (TPSA) is 21.3 Å². The van der Waals surface area contributed by atoms with E-state index in [0.29, 0.717) is 27.8 Å². The molecule has 0 unspecified atom stereocenters. The molecule has 0 saturated carbocycles. The van der Waals surface area contributed by atoms with Gasteiger partial charge in [-0.3, -0.25) is 0 Å². The third-order valence-corrected chi connectivity index (χ3v) is 2.87. The van der Waals surface area contributed by atoms with Crippen LogP contribution in [0.25, 0.3) is 0 Å². The van der Waals surface area contributed by atoms with Gasteiger partial charge in [-0.15, -0.1) is 0 Å². The third kappa shape index (κ3) is 7.10. The Morgan fingerprint density at radius 1 is 1.06 bits per heavy atom. The number of benzene rings is 1. The fraction of sp³-hybridized carbons (Fsp3) is 0.571. The average Bonchev–Trinajstić information content (AvgIpc) is 2.20. The summed E-state index contributed by atoms with van der Waals surface area (Å²) in [4.78, 5) is 0. The summed E-state index contributed by atoms with van der Waals surface area (Å²) < 4.78 is 5.57. The molecule has 0 aromatic heterocycles. The van der Waals surface area contributed by atoms with Gasteiger partial charge in [0.05, 0.1) is 0 Å². The number of ether oxygens (including phenoxy) is 1. The van der Waals surface area contributed by atoms with Crippen LogP contribution >= 0.6 is 23.2 Å². The Hall–Kier alpha value is -0.440. The van der Waals surface area contributed by atoms with E-state index in [1.165, 1.54) is 0 Å². The summed E-state index contributed by atoms with van der Waals surface area (Å²) >= 11 is 11.8. The Bertz CT molecular complexity index is 354. The van der Waals surface area contributed by atoms with Crippen LogP contribution in [0.15, 0.2) is 18.2 Å². The number of hydrogen-bond donors (Lipinski definition) is 1. The lowest BCUT2D eigenvalue weighted by Crippen LogP contribution is -2.25. The van der Waals surface area contributed by atoms with Crippen molar-refractivity contribution in [3.05, 3.63) is 28.2 Å². The molecule has 0 aliphatic heterocycles. The van der Waals surface area contributed by atoms with Crippen molar-refractivity contribution < 1.29 is 4.74 Å². The molecule has 4 heteroatoms. The normalized spacial score (nSPS) is 11.6. The smallest absolute Gasteiger partial charge is 0.122 e. The van der Waals surface area contributed by atoms with Gasteiger partial charge in [0.1, 0.15) is 12.4 Å². The van der Waals surface area contributed by atoms with Gasteiger partial charge in [0, 0.05) is 16.6 Å². The first-order valence-electron chi connectivity index (χ1n) is 6.16. The lowest BCUT2D eigenvalue weighted by Gasteiger charge is -2.18. The summed E-state index contributed by atoms with van der Waals surface area (Å²) in [7, 11) is 0. The minimum Gasteiger partial charge on any atom is -0.492 e. The fourth-order valence-electron chi connectivity index (χ4n) is 1.44. The largest absolute Gasteiger partial charge is 0.492 e. The summed E-state index contributed by atoms with van der Waals surface area (Å²) in [5.74, 6) is 0.713. The molecule has 0 saturated heterocycles. The Morgan fingerprint density at radius 3 is 2.22 bits per heavy atom. The summed E-state index contributed by atoms with van der Waals surface area (Å²) in [6.45, 7) is 9.14. The predicted molar refractivity (Wildman–Crippen MR) is 78.9 cm³/mol. The quantitative estimate of drug-likeness (QED) is 0.784. The highest BCUT2D eigenvalue weighted by atomic mass is 35.5. The number of hydrogen-bond acceptors (Lipinski definition) is 2. The van der Waals surface area contributed by atoms with Crippen molar-refractivity contribution in [1.82, 2.24) is 5.32 Å². The first-order valence-corrected chi connectivity index (χ1v) is 6.92. The van der Waals surface area contributed by atoms with Crippen molar-refractivity contribution >= 4 is 23.2 Å². The first kappa shape index (κ1) is 15.6. The van der Waals surface area contributed by atoms with Crippen LogP contribution in [-0.4, -0.2) is 19.7 Å². The number of rotatable bonds is 6. The molecular weight excluding hydrogens is 269 g/mol. The molecule has 1 aromatic carbocycles. The van der Waals surface area contributed by atoms with Gasteiger partial charge >= 0.3 is 0 Å². The van der Waals surface area contributed by atoms with Gasteiger partial charge in [-0.25, -0.2) is 0 Å². The summed E-state index contributed by atoms with van der Waals surface area (Å²) in [6, 6.07) is 5.22. The molecule has 0 amide bonds. The molecule has 1 N–H and O–H groups in total. The fourth-order valence-corrected chi connectivity index (χ4v) is 1.95. The SMILES string of the molecule is CC(C)(C)CCNCCOc1cc(Cl)cc(Cl)c1. The molecular formula is C14H21Cl2NO. The maximum Gasteiger partial charge on any atom is 0.122 e. The first-order chi connectivity index (χ1) is 8.37. The van der Waals surface area contributed by atoms with Gasteiger partial charge in [0.2, 0.25) is 0 Å². The highest BCUT2D eigenvalue weighted by Crippen LogP contribution is 2.24. The lowest BCUT2D eigenvalue weighted by molar-refractivity contribution is 0.304. The van der Waals surface area contributed by atoms with Crippen LogP contribution in [0.4, 0.5) is 0 Å². The zero-order chi connectivity index (χ0) is 13.6. The highest BCUT2D eigenvalue weighted by Gasteiger charge is 2.08. The van der Waals surface area contributed by atoms with Gasteiger partial charge < -0.3 is 10.1 Å². The van der Waals surface area contributed by atoms with E-state index in [0.717, 1.165) is 19.5 Å². The van der Waals surface area contributed by atoms with Gasteiger partial charge in [-0.05, 0) is 36.6 Å². The minimum absolute atomic E-state index is 0.369. The van der Waals surface area contributed by atoms with Crippen LogP contribution in [0.2, 0.25) is 10.0 Å². The van der Waals surface area contributed by atoms with E-state index in [9.17, 15) is 0 Å². The third-order valence-electron chi connectivity index (χ3n) is 2.44. The van der Waals surface area contributed by atoms with E-state index in [1.54, 1.807) is 18.2 Å². The van der Waals surface area contributed by atoms with E-state index in [-0.39, 0.29) is 0 Å². The van der Waals surface area contributed by atoms with Crippen molar-refractivity contribution in [1.29, 1.82) is 0 Å². The summed E-state index contributed by atoms with van der Waals surface area (Å²) in [5, 5.41) is 4.54. The Morgan fingerprint density at radius 2 is 1.67 bits per heavy atom. The standard InChI is InChI=1S/C14H21Cl2NO/c1-14(2,3)4-5-17-6-7-18-13-9-11(15)8-12(16)10-13/h8-10,17H,4-7H2,1-3H3. The number of nitrogens with one attached hydrogen (secondary N) is 1. The molecule has 0 bridgehead atoms. The van der Waals surface area contributed by atoms with Crippen LogP contribution in [0.3, 0.4) is 0 Å². The van der Waals surface area contributed by atoms with Crippen LogP contribution in [-0.2, 0) is 0 Å². The maximum absolute atomic E-state index is 5.88. The molecule has 1 rings (SSSR count). The second-order valence-electron chi connectivity index (χ2n) is 5.51.